The number of aryl methyl sites for hydroxylation is 2. The second kappa shape index (κ2) is 5.37. The Bertz CT molecular complexity index is 639. The molecule has 1 aliphatic rings. The quantitative estimate of drug-likeness (QED) is 0.905. The third kappa shape index (κ3) is 2.75. The minimum absolute atomic E-state index is 0.171. The summed E-state index contributed by atoms with van der Waals surface area (Å²) in [5.41, 5.74) is 4.71. The van der Waals surface area contributed by atoms with E-state index in [9.17, 15) is 0 Å². The molecule has 2 aromatic rings. The highest BCUT2D eigenvalue weighted by Crippen LogP contribution is 2.30. The normalized spacial score (nSPS) is 16.6. The van der Waals surface area contributed by atoms with Crippen LogP contribution in [-0.2, 0) is 6.42 Å². The average molecular weight is 288 g/mol. The second-order valence-corrected chi connectivity index (χ2v) is 5.83. The molecule has 2 nitrogen and oxygen atoms in total. The van der Waals surface area contributed by atoms with Crippen LogP contribution in [0.25, 0.3) is 0 Å². The molecule has 0 saturated carbocycles. The fourth-order valence-electron chi connectivity index (χ4n) is 2.55. The summed E-state index contributed by atoms with van der Waals surface area (Å²) in [6.07, 6.45) is 1.12. The van der Waals surface area contributed by atoms with Crippen LogP contribution < -0.4 is 10.1 Å². The van der Waals surface area contributed by atoms with Crippen LogP contribution in [0.1, 0.15) is 16.7 Å². The summed E-state index contributed by atoms with van der Waals surface area (Å²) >= 11 is 6.22. The molecule has 104 valence electrons. The summed E-state index contributed by atoms with van der Waals surface area (Å²) in [5, 5.41) is 4.14. The van der Waals surface area contributed by atoms with E-state index in [0.29, 0.717) is 0 Å². The minimum Gasteiger partial charge on any atom is -0.488 e. The molecule has 0 spiro atoms. The van der Waals surface area contributed by atoms with Gasteiger partial charge in [-0.1, -0.05) is 35.4 Å². The molecule has 0 saturated heterocycles. The Morgan fingerprint density at radius 3 is 2.70 bits per heavy atom. The van der Waals surface area contributed by atoms with Crippen LogP contribution in [-0.4, -0.2) is 12.6 Å². The summed E-state index contributed by atoms with van der Waals surface area (Å²) in [5.74, 6) is 1.01. The molecule has 3 rings (SSSR count). The second-order valence-electron chi connectivity index (χ2n) is 5.42. The van der Waals surface area contributed by atoms with Gasteiger partial charge in [0.25, 0.3) is 0 Å². The van der Waals surface area contributed by atoms with Gasteiger partial charge in [-0.05, 0) is 43.2 Å². The molecule has 0 aliphatic carbocycles. The van der Waals surface area contributed by atoms with Gasteiger partial charge < -0.3 is 10.1 Å². The first-order valence-electron chi connectivity index (χ1n) is 6.88. The SMILES string of the molecule is Cc1ccc(NCC2Cc3cc(C)ccc3O2)c(Cl)c1. The maximum absolute atomic E-state index is 6.22. The lowest BCUT2D eigenvalue weighted by Crippen LogP contribution is -2.24. The van der Waals surface area contributed by atoms with Crippen LogP contribution in [0.15, 0.2) is 36.4 Å². The van der Waals surface area contributed by atoms with Crippen LogP contribution in [0, 0.1) is 13.8 Å². The predicted octanol–water partition coefficient (Wildman–Crippen LogP) is 4.37. The van der Waals surface area contributed by atoms with Gasteiger partial charge in [0.2, 0.25) is 0 Å². The van der Waals surface area contributed by atoms with E-state index in [4.69, 9.17) is 16.3 Å². The fraction of sp³-hybridized carbons (Fsp3) is 0.294. The maximum Gasteiger partial charge on any atom is 0.123 e. The van der Waals surface area contributed by atoms with Gasteiger partial charge >= 0.3 is 0 Å². The molecule has 0 radical (unpaired) electrons. The van der Waals surface area contributed by atoms with E-state index < -0.39 is 0 Å². The van der Waals surface area contributed by atoms with Gasteiger partial charge in [-0.25, -0.2) is 0 Å². The van der Waals surface area contributed by atoms with Crippen LogP contribution in [0.5, 0.6) is 5.75 Å². The molecular formula is C17H18ClNO. The fourth-order valence-corrected chi connectivity index (χ4v) is 2.85. The Balaban J connectivity index is 1.63. The van der Waals surface area contributed by atoms with E-state index in [0.717, 1.165) is 29.4 Å². The molecule has 1 N–H and O–H groups in total. The number of halogens is 1. The molecule has 3 heteroatoms. The number of nitrogens with one attached hydrogen (secondary N) is 1. The molecule has 0 amide bonds. The van der Waals surface area contributed by atoms with Crippen molar-refractivity contribution in [3.8, 4) is 5.75 Å². The lowest BCUT2D eigenvalue weighted by molar-refractivity contribution is 0.246. The molecule has 20 heavy (non-hydrogen) atoms. The van der Waals surface area contributed by atoms with Crippen LogP contribution >= 0.6 is 11.6 Å². The number of rotatable bonds is 3. The number of benzene rings is 2. The average Bonchev–Trinajstić information content (AvgIpc) is 2.79. The van der Waals surface area contributed by atoms with Crippen molar-refractivity contribution in [3.63, 3.8) is 0 Å². The zero-order chi connectivity index (χ0) is 14.1. The van der Waals surface area contributed by atoms with Gasteiger partial charge in [-0.15, -0.1) is 0 Å². The largest absolute Gasteiger partial charge is 0.488 e. The first-order valence-corrected chi connectivity index (χ1v) is 7.26. The Morgan fingerprint density at radius 1 is 1.15 bits per heavy atom. The van der Waals surface area contributed by atoms with E-state index in [1.807, 2.05) is 19.1 Å². The van der Waals surface area contributed by atoms with Gasteiger partial charge in [-0.3, -0.25) is 0 Å². The van der Waals surface area contributed by atoms with Crippen molar-refractivity contribution in [2.45, 2.75) is 26.4 Å². The topological polar surface area (TPSA) is 21.3 Å². The Labute approximate surface area is 124 Å². The third-order valence-corrected chi connectivity index (χ3v) is 3.91. The van der Waals surface area contributed by atoms with Gasteiger partial charge in [-0.2, -0.15) is 0 Å². The van der Waals surface area contributed by atoms with Crippen LogP contribution in [0.3, 0.4) is 0 Å². The van der Waals surface area contributed by atoms with E-state index in [1.165, 1.54) is 16.7 Å². The molecule has 0 bridgehead atoms. The molecule has 0 fully saturated rings. The van der Waals surface area contributed by atoms with Crippen LogP contribution in [0.4, 0.5) is 5.69 Å². The molecule has 0 aromatic heterocycles. The van der Waals surface area contributed by atoms with E-state index in [-0.39, 0.29) is 6.10 Å². The van der Waals surface area contributed by atoms with Crippen LogP contribution in [0.2, 0.25) is 5.02 Å². The lowest BCUT2D eigenvalue weighted by atomic mass is 10.1. The molecular weight excluding hydrogens is 270 g/mol. The zero-order valence-corrected chi connectivity index (χ0v) is 12.5. The first-order chi connectivity index (χ1) is 9.61. The number of ether oxygens (including phenoxy) is 1. The van der Waals surface area contributed by atoms with Crippen molar-refractivity contribution in [1.82, 2.24) is 0 Å². The zero-order valence-electron chi connectivity index (χ0n) is 11.7. The molecule has 1 atom stereocenters. The number of hydrogen-bond donors (Lipinski definition) is 1. The third-order valence-electron chi connectivity index (χ3n) is 3.60. The van der Waals surface area contributed by atoms with Crippen molar-refractivity contribution >= 4 is 17.3 Å². The highest BCUT2D eigenvalue weighted by Gasteiger charge is 2.22. The highest BCUT2D eigenvalue weighted by atomic mass is 35.5. The predicted molar refractivity (Wildman–Crippen MR) is 84.0 cm³/mol. The number of fused-ring (bicyclic) bond motifs is 1. The molecule has 2 aromatic carbocycles. The minimum atomic E-state index is 0.171. The molecule has 1 unspecified atom stereocenters. The van der Waals surface area contributed by atoms with Crippen molar-refractivity contribution in [2.75, 3.05) is 11.9 Å². The highest BCUT2D eigenvalue weighted by molar-refractivity contribution is 6.33. The van der Waals surface area contributed by atoms with Gasteiger partial charge in [0.15, 0.2) is 0 Å². The van der Waals surface area contributed by atoms with Crippen molar-refractivity contribution in [3.05, 3.63) is 58.1 Å². The van der Waals surface area contributed by atoms with Crippen molar-refractivity contribution in [1.29, 1.82) is 0 Å². The first kappa shape index (κ1) is 13.3. The van der Waals surface area contributed by atoms with Crippen molar-refractivity contribution in [2.24, 2.45) is 0 Å². The summed E-state index contributed by atoms with van der Waals surface area (Å²) < 4.78 is 5.94. The Hall–Kier alpha value is -1.67. The number of hydrogen-bond acceptors (Lipinski definition) is 2. The van der Waals surface area contributed by atoms with E-state index in [2.05, 4.69) is 36.5 Å². The van der Waals surface area contributed by atoms with Gasteiger partial charge in [0.1, 0.15) is 11.9 Å². The molecule has 1 aliphatic heterocycles. The maximum atomic E-state index is 6.22. The van der Waals surface area contributed by atoms with Gasteiger partial charge in [0, 0.05) is 6.42 Å². The van der Waals surface area contributed by atoms with E-state index in [1.54, 1.807) is 0 Å². The van der Waals surface area contributed by atoms with Gasteiger partial charge in [0.05, 0.1) is 17.3 Å². The Morgan fingerprint density at radius 2 is 1.90 bits per heavy atom. The monoisotopic (exact) mass is 287 g/mol. The summed E-state index contributed by atoms with van der Waals surface area (Å²) in [4.78, 5) is 0. The Kier molecular flexibility index (Phi) is 3.58. The smallest absolute Gasteiger partial charge is 0.123 e. The van der Waals surface area contributed by atoms with E-state index >= 15 is 0 Å². The standard InChI is InChI=1S/C17H18ClNO/c1-11-4-6-17-13(7-11)9-14(20-17)10-19-16-5-3-12(2)8-15(16)18/h3-8,14,19H,9-10H2,1-2H3. The molecule has 1 heterocycles. The summed E-state index contributed by atoms with van der Waals surface area (Å²) in [6.45, 7) is 4.91. The number of anilines is 1. The lowest BCUT2D eigenvalue weighted by Gasteiger charge is -2.14. The van der Waals surface area contributed by atoms with Crippen molar-refractivity contribution < 1.29 is 4.74 Å². The summed E-state index contributed by atoms with van der Waals surface area (Å²) in [7, 11) is 0. The summed E-state index contributed by atoms with van der Waals surface area (Å²) in [6, 6.07) is 12.4.